The third-order valence-electron chi connectivity index (χ3n) is 12.3. The molecule has 59 heavy (non-hydrogen) atoms. The standard InChI is InChI=1S/C53H103NO5/c1-3-5-7-9-11-13-15-17-19-20-22-23-25-29-33-37-41-45-51(56)50(49-55)54-52(57)46-42-38-34-30-27-28-32-36-40-44-48-59-53(58)47-43-39-35-31-26-24-21-18-16-14-12-10-8-6-4-2/h18,21,50-51,55-56H,3-17,19-20,22-49H2,1-2H3,(H,54,57)/b21-18-. The van der Waals surface area contributed by atoms with Gasteiger partial charge in [-0.15, -0.1) is 0 Å². The van der Waals surface area contributed by atoms with Crippen molar-refractivity contribution < 1.29 is 24.5 Å². The van der Waals surface area contributed by atoms with Crippen LogP contribution >= 0.6 is 0 Å². The van der Waals surface area contributed by atoms with Crippen LogP contribution in [0, 0.1) is 0 Å². The summed E-state index contributed by atoms with van der Waals surface area (Å²) in [5, 5.41) is 23.2. The molecule has 3 N–H and O–H groups in total. The quantitative estimate of drug-likeness (QED) is 0.0322. The van der Waals surface area contributed by atoms with Crippen LogP contribution in [0.25, 0.3) is 0 Å². The molecule has 0 fully saturated rings. The molecule has 0 saturated carbocycles. The molecule has 0 aromatic heterocycles. The number of hydrogen-bond acceptors (Lipinski definition) is 5. The molecule has 0 bridgehead atoms. The Morgan fingerprint density at radius 1 is 0.458 bits per heavy atom. The zero-order valence-corrected chi connectivity index (χ0v) is 39.7. The van der Waals surface area contributed by atoms with Crippen LogP contribution in [0.1, 0.15) is 290 Å². The largest absolute Gasteiger partial charge is 0.466 e. The molecule has 2 atom stereocenters. The summed E-state index contributed by atoms with van der Waals surface area (Å²) < 4.78 is 5.45. The maximum absolute atomic E-state index is 12.5. The number of carbonyl (C=O) groups is 2. The molecule has 0 aliphatic heterocycles. The highest BCUT2D eigenvalue weighted by atomic mass is 16.5. The molecule has 6 heteroatoms. The molecule has 6 nitrogen and oxygen atoms in total. The van der Waals surface area contributed by atoms with Crippen LogP contribution in [0.3, 0.4) is 0 Å². The van der Waals surface area contributed by atoms with E-state index >= 15 is 0 Å². The number of ether oxygens (including phenoxy) is 1. The van der Waals surface area contributed by atoms with Crippen LogP contribution in [-0.4, -0.2) is 47.4 Å². The van der Waals surface area contributed by atoms with Gasteiger partial charge in [0.05, 0.1) is 25.4 Å². The van der Waals surface area contributed by atoms with Crippen LogP contribution in [0.5, 0.6) is 0 Å². The van der Waals surface area contributed by atoms with Gasteiger partial charge in [-0.1, -0.05) is 238 Å². The van der Waals surface area contributed by atoms with Crippen molar-refractivity contribution in [3.63, 3.8) is 0 Å². The van der Waals surface area contributed by atoms with E-state index in [1.807, 2.05) is 0 Å². The Morgan fingerprint density at radius 2 is 0.797 bits per heavy atom. The van der Waals surface area contributed by atoms with Gasteiger partial charge in [0.25, 0.3) is 0 Å². The Morgan fingerprint density at radius 3 is 1.20 bits per heavy atom. The van der Waals surface area contributed by atoms with E-state index in [0.717, 1.165) is 57.8 Å². The van der Waals surface area contributed by atoms with Crippen molar-refractivity contribution in [2.24, 2.45) is 0 Å². The van der Waals surface area contributed by atoms with Gasteiger partial charge in [-0.2, -0.15) is 0 Å². The van der Waals surface area contributed by atoms with Crippen molar-refractivity contribution in [1.29, 1.82) is 0 Å². The van der Waals surface area contributed by atoms with Crippen LogP contribution in [0.4, 0.5) is 0 Å². The van der Waals surface area contributed by atoms with Crippen LogP contribution in [-0.2, 0) is 14.3 Å². The first-order chi connectivity index (χ1) is 29.0. The second-order valence-corrected chi connectivity index (χ2v) is 18.2. The van der Waals surface area contributed by atoms with Gasteiger partial charge in [-0.05, 0) is 51.4 Å². The first kappa shape index (κ1) is 57.6. The van der Waals surface area contributed by atoms with Crippen molar-refractivity contribution in [3.8, 4) is 0 Å². The summed E-state index contributed by atoms with van der Waals surface area (Å²) in [5.41, 5.74) is 0. The van der Waals surface area contributed by atoms with E-state index in [2.05, 4.69) is 31.3 Å². The molecule has 0 radical (unpaired) electrons. The molecule has 0 aromatic carbocycles. The fourth-order valence-corrected chi connectivity index (χ4v) is 8.22. The molecule has 2 unspecified atom stereocenters. The summed E-state index contributed by atoms with van der Waals surface area (Å²) in [4.78, 5) is 24.5. The van der Waals surface area contributed by atoms with Gasteiger partial charge < -0.3 is 20.3 Å². The highest BCUT2D eigenvalue weighted by Gasteiger charge is 2.20. The van der Waals surface area contributed by atoms with Gasteiger partial charge >= 0.3 is 5.97 Å². The highest BCUT2D eigenvalue weighted by molar-refractivity contribution is 5.76. The second-order valence-electron chi connectivity index (χ2n) is 18.2. The van der Waals surface area contributed by atoms with E-state index in [-0.39, 0.29) is 18.5 Å². The number of aliphatic hydroxyl groups is 2. The lowest BCUT2D eigenvalue weighted by molar-refractivity contribution is -0.143. The third-order valence-corrected chi connectivity index (χ3v) is 12.3. The van der Waals surface area contributed by atoms with Gasteiger partial charge in [0.15, 0.2) is 0 Å². The van der Waals surface area contributed by atoms with Crippen molar-refractivity contribution in [3.05, 3.63) is 12.2 Å². The first-order valence-electron chi connectivity index (χ1n) is 26.4. The number of unbranched alkanes of at least 4 members (excludes halogenated alkanes) is 36. The molecule has 1 amide bonds. The van der Waals surface area contributed by atoms with E-state index in [1.54, 1.807) is 0 Å². The van der Waals surface area contributed by atoms with E-state index in [0.29, 0.717) is 25.9 Å². The molecule has 0 heterocycles. The van der Waals surface area contributed by atoms with E-state index in [9.17, 15) is 19.8 Å². The average Bonchev–Trinajstić information content (AvgIpc) is 3.24. The molecule has 350 valence electrons. The van der Waals surface area contributed by atoms with Crippen LogP contribution < -0.4 is 5.32 Å². The Bertz CT molecular complexity index is 878. The van der Waals surface area contributed by atoms with Gasteiger partial charge in [0, 0.05) is 12.8 Å². The van der Waals surface area contributed by atoms with E-state index < -0.39 is 12.1 Å². The fourth-order valence-electron chi connectivity index (χ4n) is 8.22. The SMILES string of the molecule is CCCCCCCC/C=C\CCCCCCCC(=O)OCCCCCCCCCCCCC(=O)NC(CO)C(O)CCCCCCCCCCCCCCCCCCC. The third kappa shape index (κ3) is 45.9. The number of aliphatic hydroxyl groups excluding tert-OH is 2. The molecular formula is C53H103NO5. The summed E-state index contributed by atoms with van der Waals surface area (Å²) in [5.74, 6) is -0.0824. The van der Waals surface area contributed by atoms with Gasteiger partial charge in [0.2, 0.25) is 5.91 Å². The first-order valence-corrected chi connectivity index (χ1v) is 26.4. The number of nitrogens with one attached hydrogen (secondary N) is 1. The predicted molar refractivity (Wildman–Crippen MR) is 255 cm³/mol. The second kappa shape index (κ2) is 49.3. The minimum Gasteiger partial charge on any atom is -0.466 e. The van der Waals surface area contributed by atoms with Crippen LogP contribution in [0.2, 0.25) is 0 Å². The van der Waals surface area contributed by atoms with E-state index in [4.69, 9.17) is 4.74 Å². The van der Waals surface area contributed by atoms with E-state index in [1.165, 1.54) is 199 Å². The smallest absolute Gasteiger partial charge is 0.305 e. The lowest BCUT2D eigenvalue weighted by atomic mass is 10.0. The van der Waals surface area contributed by atoms with Crippen molar-refractivity contribution in [2.75, 3.05) is 13.2 Å². The summed E-state index contributed by atoms with van der Waals surface area (Å²) in [6.07, 6.45) is 56.0. The number of carbonyl (C=O) groups excluding carboxylic acids is 2. The number of amides is 1. The molecule has 0 saturated heterocycles. The fraction of sp³-hybridized carbons (Fsp3) is 0.925. The molecule has 0 aliphatic rings. The molecule has 0 aliphatic carbocycles. The average molecular weight is 834 g/mol. The normalized spacial score (nSPS) is 12.7. The van der Waals surface area contributed by atoms with Crippen molar-refractivity contribution in [1.82, 2.24) is 5.32 Å². The van der Waals surface area contributed by atoms with Gasteiger partial charge in [-0.3, -0.25) is 9.59 Å². The number of hydrogen-bond donors (Lipinski definition) is 3. The topological polar surface area (TPSA) is 95.9 Å². The summed E-state index contributed by atoms with van der Waals surface area (Å²) in [6, 6.07) is -0.558. The Balaban J connectivity index is 3.48. The predicted octanol–water partition coefficient (Wildman–Crippen LogP) is 15.7. The molecule has 0 rings (SSSR count). The van der Waals surface area contributed by atoms with Crippen molar-refractivity contribution >= 4 is 11.9 Å². The highest BCUT2D eigenvalue weighted by Crippen LogP contribution is 2.17. The summed E-state index contributed by atoms with van der Waals surface area (Å²) >= 11 is 0. The molecule has 0 spiro atoms. The zero-order valence-electron chi connectivity index (χ0n) is 39.7. The summed E-state index contributed by atoms with van der Waals surface area (Å²) in [7, 11) is 0. The maximum Gasteiger partial charge on any atom is 0.305 e. The minimum atomic E-state index is -0.678. The maximum atomic E-state index is 12.5. The molecular weight excluding hydrogens is 731 g/mol. The zero-order chi connectivity index (χ0) is 43.0. The number of allylic oxidation sites excluding steroid dienone is 2. The Hall–Kier alpha value is -1.40. The minimum absolute atomic E-state index is 0.0261. The number of rotatable bonds is 49. The van der Waals surface area contributed by atoms with Gasteiger partial charge in [-0.25, -0.2) is 0 Å². The monoisotopic (exact) mass is 834 g/mol. The van der Waals surface area contributed by atoms with Gasteiger partial charge in [0.1, 0.15) is 0 Å². The Kier molecular flexibility index (Phi) is 48.1. The Labute approximate surface area is 368 Å². The lowest BCUT2D eigenvalue weighted by Gasteiger charge is -2.22. The molecule has 0 aromatic rings. The summed E-state index contributed by atoms with van der Waals surface area (Å²) in [6.45, 7) is 4.90. The number of esters is 1. The van der Waals surface area contributed by atoms with Crippen molar-refractivity contribution in [2.45, 2.75) is 302 Å². The lowest BCUT2D eigenvalue weighted by Crippen LogP contribution is -2.45. The van der Waals surface area contributed by atoms with Crippen LogP contribution in [0.15, 0.2) is 12.2 Å².